The summed E-state index contributed by atoms with van der Waals surface area (Å²) < 4.78 is 5.84. The fourth-order valence-corrected chi connectivity index (χ4v) is 3.13. The molecule has 5 heteroatoms. The Labute approximate surface area is 140 Å². The number of piperidine rings is 1. The zero-order valence-corrected chi connectivity index (χ0v) is 15.5. The topological polar surface area (TPSA) is 53.7 Å². The van der Waals surface area contributed by atoms with E-state index in [-0.39, 0.29) is 5.41 Å². The number of aromatic nitrogens is 1. The monoisotopic (exact) mass is 320 g/mol. The van der Waals surface area contributed by atoms with E-state index in [1.54, 1.807) is 0 Å². The van der Waals surface area contributed by atoms with Gasteiger partial charge in [-0.15, -0.1) is 0 Å². The van der Waals surface area contributed by atoms with E-state index >= 15 is 0 Å². The highest BCUT2D eigenvalue weighted by Gasteiger charge is 2.24. The van der Waals surface area contributed by atoms with Crippen LogP contribution in [0.15, 0.2) is 15.6 Å². The third-order valence-corrected chi connectivity index (χ3v) is 4.16. The summed E-state index contributed by atoms with van der Waals surface area (Å²) in [6.07, 6.45) is 3.12. The Morgan fingerprint density at radius 3 is 2.52 bits per heavy atom. The van der Waals surface area contributed by atoms with Crippen LogP contribution in [0, 0.1) is 11.8 Å². The van der Waals surface area contributed by atoms with Crippen molar-refractivity contribution in [1.82, 2.24) is 15.2 Å². The van der Waals surface area contributed by atoms with Crippen LogP contribution in [0.5, 0.6) is 0 Å². The van der Waals surface area contributed by atoms with Gasteiger partial charge in [0.15, 0.2) is 5.96 Å². The molecule has 0 aromatic carbocycles. The lowest BCUT2D eigenvalue weighted by Gasteiger charge is -2.37. The van der Waals surface area contributed by atoms with Gasteiger partial charge in [-0.1, -0.05) is 34.6 Å². The maximum absolute atomic E-state index is 5.84. The number of guanidine groups is 1. The van der Waals surface area contributed by atoms with Crippen LogP contribution in [-0.4, -0.2) is 35.5 Å². The van der Waals surface area contributed by atoms with Crippen LogP contribution in [0.4, 0.5) is 0 Å². The highest BCUT2D eigenvalue weighted by atomic mass is 16.4. The van der Waals surface area contributed by atoms with E-state index in [0.29, 0.717) is 24.3 Å². The van der Waals surface area contributed by atoms with Gasteiger partial charge in [0.2, 0.25) is 5.89 Å². The van der Waals surface area contributed by atoms with Gasteiger partial charge in [0.25, 0.3) is 0 Å². The van der Waals surface area contributed by atoms with E-state index in [0.717, 1.165) is 31.4 Å². The summed E-state index contributed by atoms with van der Waals surface area (Å²) in [7, 11) is 0. The number of aliphatic imine (C=N–C) groups is 1. The molecule has 0 aliphatic carbocycles. The molecular formula is C18H32N4O. The van der Waals surface area contributed by atoms with Crippen LogP contribution < -0.4 is 5.32 Å². The van der Waals surface area contributed by atoms with Crippen molar-refractivity contribution in [3.05, 3.63) is 17.8 Å². The second kappa shape index (κ2) is 7.37. The molecule has 5 nitrogen and oxygen atoms in total. The minimum absolute atomic E-state index is 0.0167. The summed E-state index contributed by atoms with van der Waals surface area (Å²) in [5.74, 6) is 3.98. The molecule has 2 heterocycles. The molecule has 1 fully saturated rings. The van der Waals surface area contributed by atoms with Gasteiger partial charge >= 0.3 is 0 Å². The summed E-state index contributed by atoms with van der Waals surface area (Å²) in [5.41, 5.74) is -0.0167. The van der Waals surface area contributed by atoms with Gasteiger partial charge in [-0.3, -0.25) is 0 Å². The average molecular weight is 320 g/mol. The number of hydrogen-bond donors (Lipinski definition) is 1. The Morgan fingerprint density at radius 1 is 1.35 bits per heavy atom. The van der Waals surface area contributed by atoms with Crippen LogP contribution in [0.3, 0.4) is 0 Å². The van der Waals surface area contributed by atoms with Crippen molar-refractivity contribution in [2.75, 3.05) is 19.6 Å². The third-order valence-electron chi connectivity index (χ3n) is 4.16. The number of nitrogens with zero attached hydrogens (tertiary/aromatic N) is 3. The lowest BCUT2D eigenvalue weighted by atomic mass is 9.92. The summed E-state index contributed by atoms with van der Waals surface area (Å²) in [6, 6.07) is 0. The first-order valence-corrected chi connectivity index (χ1v) is 8.78. The van der Waals surface area contributed by atoms with Crippen molar-refractivity contribution in [3.8, 4) is 0 Å². The Kier molecular flexibility index (Phi) is 5.71. The third kappa shape index (κ3) is 4.98. The maximum Gasteiger partial charge on any atom is 0.216 e. The van der Waals surface area contributed by atoms with Crippen molar-refractivity contribution >= 4 is 5.96 Å². The van der Waals surface area contributed by atoms with Crippen LogP contribution in [0.1, 0.15) is 59.6 Å². The molecule has 1 saturated heterocycles. The van der Waals surface area contributed by atoms with Crippen LogP contribution in [0.25, 0.3) is 0 Å². The molecule has 1 aliphatic rings. The van der Waals surface area contributed by atoms with Crippen LogP contribution >= 0.6 is 0 Å². The van der Waals surface area contributed by atoms with E-state index in [2.05, 4.69) is 56.7 Å². The predicted octanol–water partition coefficient (Wildman–Crippen LogP) is 3.42. The van der Waals surface area contributed by atoms with Crippen LogP contribution in [-0.2, 0) is 12.0 Å². The minimum atomic E-state index is -0.0167. The average Bonchev–Trinajstić information content (AvgIpc) is 2.91. The first-order valence-electron chi connectivity index (χ1n) is 8.78. The SMILES string of the molecule is CCNC(=NCc1ncc(C(C)(C)C)o1)N1CC(C)CC(C)C1. The Morgan fingerprint density at radius 2 is 2.00 bits per heavy atom. The van der Waals surface area contributed by atoms with Crippen molar-refractivity contribution in [2.24, 2.45) is 16.8 Å². The molecule has 1 aromatic heterocycles. The number of likely N-dealkylation sites (tertiary alicyclic amines) is 1. The van der Waals surface area contributed by atoms with Gasteiger partial charge in [-0.25, -0.2) is 9.98 Å². The van der Waals surface area contributed by atoms with Gasteiger partial charge < -0.3 is 14.6 Å². The van der Waals surface area contributed by atoms with Gasteiger partial charge in [0, 0.05) is 25.0 Å². The standard InChI is InChI=1S/C18H32N4O/c1-7-19-17(22-11-13(2)8-14(3)12-22)21-10-16-20-9-15(23-16)18(4,5)6/h9,13-14H,7-8,10-12H2,1-6H3,(H,19,21). The molecule has 1 aromatic rings. The van der Waals surface area contributed by atoms with E-state index in [1.807, 2.05) is 6.20 Å². The summed E-state index contributed by atoms with van der Waals surface area (Å²) in [5, 5.41) is 3.41. The summed E-state index contributed by atoms with van der Waals surface area (Å²) in [6.45, 7) is 16.6. The molecule has 2 rings (SSSR count). The van der Waals surface area contributed by atoms with Crippen molar-refractivity contribution in [1.29, 1.82) is 0 Å². The van der Waals surface area contributed by atoms with Crippen molar-refractivity contribution in [3.63, 3.8) is 0 Å². The number of hydrogen-bond acceptors (Lipinski definition) is 3. The van der Waals surface area contributed by atoms with Crippen molar-refractivity contribution in [2.45, 2.75) is 59.9 Å². The first kappa shape index (κ1) is 17.8. The van der Waals surface area contributed by atoms with E-state index < -0.39 is 0 Å². The lowest BCUT2D eigenvalue weighted by molar-refractivity contribution is 0.208. The van der Waals surface area contributed by atoms with Gasteiger partial charge in [0.1, 0.15) is 12.3 Å². The number of rotatable bonds is 3. The predicted molar refractivity (Wildman–Crippen MR) is 94.5 cm³/mol. The fourth-order valence-electron chi connectivity index (χ4n) is 3.13. The second-order valence-electron chi connectivity index (χ2n) is 7.89. The largest absolute Gasteiger partial charge is 0.443 e. The summed E-state index contributed by atoms with van der Waals surface area (Å²) >= 11 is 0. The molecule has 1 aliphatic heterocycles. The first-order chi connectivity index (χ1) is 10.8. The molecule has 0 radical (unpaired) electrons. The van der Waals surface area contributed by atoms with Crippen LogP contribution in [0.2, 0.25) is 0 Å². The normalized spacial score (nSPS) is 23.2. The van der Waals surface area contributed by atoms with Gasteiger partial charge in [-0.05, 0) is 25.2 Å². The molecule has 1 N–H and O–H groups in total. The molecular weight excluding hydrogens is 288 g/mol. The Bertz CT molecular complexity index is 519. The van der Waals surface area contributed by atoms with Gasteiger partial charge in [0.05, 0.1) is 6.20 Å². The molecule has 0 saturated carbocycles. The zero-order chi connectivity index (χ0) is 17.0. The highest BCUT2D eigenvalue weighted by molar-refractivity contribution is 5.80. The smallest absolute Gasteiger partial charge is 0.216 e. The fraction of sp³-hybridized carbons (Fsp3) is 0.778. The molecule has 130 valence electrons. The van der Waals surface area contributed by atoms with Gasteiger partial charge in [-0.2, -0.15) is 0 Å². The number of nitrogens with one attached hydrogen (secondary N) is 1. The Balaban J connectivity index is 2.08. The zero-order valence-electron chi connectivity index (χ0n) is 15.5. The molecule has 0 amide bonds. The molecule has 0 spiro atoms. The molecule has 0 bridgehead atoms. The van der Waals surface area contributed by atoms with Crippen molar-refractivity contribution < 1.29 is 4.42 Å². The maximum atomic E-state index is 5.84. The Hall–Kier alpha value is -1.52. The quantitative estimate of drug-likeness (QED) is 0.685. The van der Waals surface area contributed by atoms with E-state index in [4.69, 9.17) is 9.41 Å². The van der Waals surface area contributed by atoms with E-state index in [1.165, 1.54) is 6.42 Å². The highest BCUT2D eigenvalue weighted by Crippen LogP contribution is 2.23. The molecule has 2 unspecified atom stereocenters. The summed E-state index contributed by atoms with van der Waals surface area (Å²) in [4.78, 5) is 11.5. The second-order valence-corrected chi connectivity index (χ2v) is 7.89. The molecule has 2 atom stereocenters. The molecule has 23 heavy (non-hydrogen) atoms. The minimum Gasteiger partial charge on any atom is -0.443 e. The lowest BCUT2D eigenvalue weighted by Crippen LogP contribution is -2.48. The van der Waals surface area contributed by atoms with E-state index in [9.17, 15) is 0 Å². The number of oxazole rings is 1.